The minimum Gasteiger partial charge on any atom is -0.484 e. The van der Waals surface area contributed by atoms with Crippen molar-refractivity contribution in [2.45, 2.75) is 121 Å². The number of aliphatic hydroxyl groups is 1. The van der Waals surface area contributed by atoms with Crippen LogP contribution < -0.4 is 10.4 Å². The molecule has 0 saturated heterocycles. The summed E-state index contributed by atoms with van der Waals surface area (Å²) in [4.78, 5) is 17.4. The van der Waals surface area contributed by atoms with Gasteiger partial charge in [0.1, 0.15) is 22.7 Å². The summed E-state index contributed by atoms with van der Waals surface area (Å²) in [5.41, 5.74) is -0.599. The Balaban J connectivity index is 1.79. The average Bonchev–Trinajstić information content (AvgIpc) is 2.79. The van der Waals surface area contributed by atoms with Crippen molar-refractivity contribution >= 4 is 16.6 Å². The number of fused-ring (bicyclic) bond motifs is 2. The highest BCUT2D eigenvalue weighted by Gasteiger charge is 2.59. The largest absolute Gasteiger partial charge is 0.484 e. The van der Waals surface area contributed by atoms with Gasteiger partial charge in [0.15, 0.2) is 16.6 Å². The Kier molecular flexibility index (Phi) is 7.69. The molecule has 2 aromatic rings. The Morgan fingerprint density at radius 2 is 1.64 bits per heavy atom. The number of nitrogens with zero attached hydrogens (tertiary/aromatic N) is 1. The van der Waals surface area contributed by atoms with Gasteiger partial charge in [0.05, 0.1) is 12.2 Å². The van der Waals surface area contributed by atoms with Crippen molar-refractivity contribution in [1.82, 2.24) is 4.98 Å². The Bertz CT molecular complexity index is 1250. The standard InChI is InChI=1S/C30H47NO6Si2/c1-28(2,3)38(8,9)36-20-15-21-26(32)25-23(17-22(34-27(25)33)19-13-12-14-31-18-19)35-30(21,7)24(16-20)37-39(10,11)29(4,5)6/h12-14,17-18,20-21,24,26,32H,15-16H2,1-11H3/t20?,21?,24?,26?,30-/m1/s1. The van der Waals surface area contributed by atoms with Crippen molar-refractivity contribution < 1.29 is 23.1 Å². The molecule has 39 heavy (non-hydrogen) atoms. The maximum Gasteiger partial charge on any atom is 0.345 e. The monoisotopic (exact) mass is 573 g/mol. The molecule has 4 unspecified atom stereocenters. The zero-order valence-corrected chi connectivity index (χ0v) is 27.5. The quantitative estimate of drug-likeness (QED) is 0.382. The molecule has 1 fully saturated rings. The van der Waals surface area contributed by atoms with Crippen LogP contribution in [0.25, 0.3) is 11.3 Å². The lowest BCUT2D eigenvalue weighted by Gasteiger charge is -2.56. The highest BCUT2D eigenvalue weighted by molar-refractivity contribution is 6.74. The molecule has 9 heteroatoms. The molecule has 1 aliphatic carbocycles. The lowest BCUT2D eigenvalue weighted by atomic mass is 9.68. The lowest BCUT2D eigenvalue weighted by Crippen LogP contribution is -2.64. The molecule has 0 spiro atoms. The van der Waals surface area contributed by atoms with Crippen LogP contribution >= 0.6 is 0 Å². The van der Waals surface area contributed by atoms with Gasteiger partial charge in [-0.25, -0.2) is 4.79 Å². The average molecular weight is 574 g/mol. The second-order valence-corrected chi connectivity index (χ2v) is 24.1. The molecule has 2 aromatic heterocycles. The third kappa shape index (κ3) is 5.57. The molecule has 7 nitrogen and oxygen atoms in total. The van der Waals surface area contributed by atoms with Gasteiger partial charge in [0.2, 0.25) is 0 Å². The molecule has 5 atom stereocenters. The van der Waals surface area contributed by atoms with Crippen molar-refractivity contribution in [2.75, 3.05) is 0 Å². The van der Waals surface area contributed by atoms with Gasteiger partial charge in [0, 0.05) is 42.5 Å². The Morgan fingerprint density at radius 3 is 2.21 bits per heavy atom. The third-order valence-corrected chi connectivity index (χ3v) is 18.8. The summed E-state index contributed by atoms with van der Waals surface area (Å²) < 4.78 is 26.4. The minimum absolute atomic E-state index is 0.00811. The summed E-state index contributed by atoms with van der Waals surface area (Å²) in [6.45, 7) is 24.4. The SMILES string of the molecule is CC(C)(C)[Si](C)(C)OC1CC(O[Si](C)(C)C(C)(C)C)[C@]2(C)Oc3cc(-c4cccnc4)oc(=O)c3C(O)C2C1. The van der Waals surface area contributed by atoms with Crippen LogP contribution in [0.1, 0.15) is 73.0 Å². The number of pyridine rings is 1. The predicted molar refractivity (Wildman–Crippen MR) is 159 cm³/mol. The van der Waals surface area contributed by atoms with E-state index in [1.807, 2.05) is 13.0 Å². The van der Waals surface area contributed by atoms with E-state index in [2.05, 4.69) is 72.7 Å². The zero-order valence-electron chi connectivity index (χ0n) is 25.5. The summed E-state index contributed by atoms with van der Waals surface area (Å²) in [6, 6.07) is 5.32. The van der Waals surface area contributed by atoms with E-state index in [-0.39, 0.29) is 27.8 Å². The maximum atomic E-state index is 13.3. The predicted octanol–water partition coefficient (Wildman–Crippen LogP) is 7.08. The second-order valence-electron chi connectivity index (χ2n) is 14.6. The van der Waals surface area contributed by atoms with E-state index in [0.29, 0.717) is 29.9 Å². The molecule has 1 N–H and O–H groups in total. The van der Waals surface area contributed by atoms with E-state index >= 15 is 0 Å². The van der Waals surface area contributed by atoms with Gasteiger partial charge in [-0.2, -0.15) is 0 Å². The Labute approximate surface area is 235 Å². The molecule has 0 amide bonds. The van der Waals surface area contributed by atoms with Crippen molar-refractivity contribution in [3.05, 3.63) is 46.6 Å². The van der Waals surface area contributed by atoms with Gasteiger partial charge in [-0.15, -0.1) is 0 Å². The Morgan fingerprint density at radius 1 is 1.03 bits per heavy atom. The molecule has 1 saturated carbocycles. The summed E-state index contributed by atoms with van der Waals surface area (Å²) in [5.74, 6) is 0.317. The smallest absolute Gasteiger partial charge is 0.345 e. The van der Waals surface area contributed by atoms with Crippen molar-refractivity contribution in [3.8, 4) is 17.1 Å². The van der Waals surface area contributed by atoms with Crippen LogP contribution in [-0.2, 0) is 8.85 Å². The van der Waals surface area contributed by atoms with E-state index in [4.69, 9.17) is 18.0 Å². The fraction of sp³-hybridized carbons (Fsp3) is 0.667. The number of aromatic nitrogens is 1. The van der Waals surface area contributed by atoms with Crippen LogP contribution in [-0.4, -0.2) is 44.5 Å². The first kappa shape index (κ1) is 30.2. The summed E-state index contributed by atoms with van der Waals surface area (Å²) in [7, 11) is -4.32. The fourth-order valence-electron chi connectivity index (χ4n) is 5.22. The van der Waals surface area contributed by atoms with E-state index in [1.165, 1.54) is 0 Å². The van der Waals surface area contributed by atoms with Crippen LogP contribution in [0.3, 0.4) is 0 Å². The van der Waals surface area contributed by atoms with Gasteiger partial charge in [-0.3, -0.25) is 4.98 Å². The molecule has 0 aromatic carbocycles. The van der Waals surface area contributed by atoms with E-state index in [9.17, 15) is 9.90 Å². The summed E-state index contributed by atoms with van der Waals surface area (Å²) in [5, 5.41) is 11.8. The van der Waals surface area contributed by atoms with E-state index in [1.54, 1.807) is 24.5 Å². The van der Waals surface area contributed by atoms with E-state index < -0.39 is 39.9 Å². The maximum absolute atomic E-state index is 13.3. The molecule has 0 bridgehead atoms. The molecular weight excluding hydrogens is 527 g/mol. The number of rotatable bonds is 5. The summed E-state index contributed by atoms with van der Waals surface area (Å²) >= 11 is 0. The van der Waals surface area contributed by atoms with Crippen LogP contribution in [0, 0.1) is 5.92 Å². The van der Waals surface area contributed by atoms with Crippen LogP contribution in [0.15, 0.2) is 39.8 Å². The van der Waals surface area contributed by atoms with Gasteiger partial charge in [-0.05, 0) is 61.7 Å². The van der Waals surface area contributed by atoms with Gasteiger partial charge in [0.25, 0.3) is 0 Å². The summed E-state index contributed by atoms with van der Waals surface area (Å²) in [6.07, 6.45) is 3.06. The minimum atomic E-state index is -2.22. The van der Waals surface area contributed by atoms with Crippen LogP contribution in [0.5, 0.6) is 5.75 Å². The number of aliphatic hydroxyl groups excluding tert-OH is 1. The molecule has 2 aliphatic rings. The van der Waals surface area contributed by atoms with Crippen molar-refractivity contribution in [1.29, 1.82) is 0 Å². The fourth-order valence-corrected chi connectivity index (χ4v) is 7.99. The van der Waals surface area contributed by atoms with Gasteiger partial charge < -0.3 is 23.1 Å². The number of ether oxygens (including phenoxy) is 1. The molecule has 1 aliphatic heterocycles. The molecule has 216 valence electrons. The zero-order chi connectivity index (χ0) is 29.2. The molecular formula is C30H47NO6Si2. The van der Waals surface area contributed by atoms with E-state index in [0.717, 1.165) is 0 Å². The highest BCUT2D eigenvalue weighted by atomic mass is 28.4. The lowest BCUT2D eigenvalue weighted by molar-refractivity contribution is -0.168. The van der Waals surface area contributed by atoms with Gasteiger partial charge >= 0.3 is 5.63 Å². The molecule has 0 radical (unpaired) electrons. The first-order chi connectivity index (χ1) is 17.8. The highest BCUT2D eigenvalue weighted by Crippen LogP contribution is 2.53. The molecule has 4 rings (SSSR count). The number of hydrogen-bond donors (Lipinski definition) is 1. The van der Waals surface area contributed by atoms with Crippen LogP contribution in [0.2, 0.25) is 36.3 Å². The first-order valence-corrected chi connectivity index (χ1v) is 19.9. The third-order valence-electron chi connectivity index (χ3n) is 9.78. The normalized spacial score (nSPS) is 27.9. The second kappa shape index (κ2) is 9.94. The van der Waals surface area contributed by atoms with Gasteiger partial charge in [-0.1, -0.05) is 41.5 Å². The molecule has 3 heterocycles. The number of hydrogen-bond acceptors (Lipinski definition) is 7. The van der Waals surface area contributed by atoms with Crippen molar-refractivity contribution in [2.24, 2.45) is 5.92 Å². The topological polar surface area (TPSA) is 91.0 Å². The van der Waals surface area contributed by atoms with Crippen molar-refractivity contribution in [3.63, 3.8) is 0 Å². The van der Waals surface area contributed by atoms with Crippen LogP contribution in [0.4, 0.5) is 0 Å². The Hall–Kier alpha value is -1.79. The first-order valence-electron chi connectivity index (χ1n) is 14.1.